The summed E-state index contributed by atoms with van der Waals surface area (Å²) >= 11 is 1.16. The van der Waals surface area contributed by atoms with Crippen LogP contribution < -0.4 is 15.6 Å². The Kier molecular flexibility index (Phi) is 6.55. The third-order valence-corrected chi connectivity index (χ3v) is 6.94. The van der Waals surface area contributed by atoms with Gasteiger partial charge in [0.1, 0.15) is 17.1 Å². The fourth-order valence-corrected chi connectivity index (χ4v) is 5.02. The van der Waals surface area contributed by atoms with Gasteiger partial charge in [0.25, 0.3) is 11.5 Å². The summed E-state index contributed by atoms with van der Waals surface area (Å²) in [7, 11) is 1.54. The zero-order chi connectivity index (χ0) is 22.7. The molecule has 3 heterocycles. The van der Waals surface area contributed by atoms with Crippen LogP contribution >= 0.6 is 11.3 Å². The van der Waals surface area contributed by atoms with E-state index in [-0.39, 0.29) is 23.9 Å². The average molecular weight is 455 g/mol. The van der Waals surface area contributed by atoms with E-state index >= 15 is 0 Å². The van der Waals surface area contributed by atoms with Crippen LogP contribution in [0.2, 0.25) is 0 Å². The number of aromatic nitrogens is 2. The SMILES string of the molecule is COc1ccccc1NC(=O)c1sc2ncn(CC(=O)N3CCCCCC3)c(=O)c2c1C. The smallest absolute Gasteiger partial charge is 0.266 e. The van der Waals surface area contributed by atoms with Crippen molar-refractivity contribution in [1.82, 2.24) is 14.5 Å². The number of hydrogen-bond donors (Lipinski definition) is 1. The topological polar surface area (TPSA) is 93.5 Å². The molecule has 0 saturated carbocycles. The molecule has 8 nitrogen and oxygen atoms in total. The zero-order valence-electron chi connectivity index (χ0n) is 18.2. The van der Waals surface area contributed by atoms with E-state index in [1.807, 2.05) is 11.0 Å². The number of thiophene rings is 1. The number of rotatable bonds is 5. The first-order valence-electron chi connectivity index (χ1n) is 10.7. The second-order valence-corrected chi connectivity index (χ2v) is 8.86. The molecule has 3 aromatic rings. The molecule has 2 aromatic heterocycles. The van der Waals surface area contributed by atoms with E-state index in [2.05, 4.69) is 10.3 Å². The summed E-state index contributed by atoms with van der Waals surface area (Å²) in [5.41, 5.74) is 0.806. The predicted octanol–water partition coefficient (Wildman–Crippen LogP) is 3.43. The fraction of sp³-hybridized carbons (Fsp3) is 0.391. The molecule has 0 atom stereocenters. The van der Waals surface area contributed by atoms with Crippen molar-refractivity contribution in [2.24, 2.45) is 0 Å². The van der Waals surface area contributed by atoms with Gasteiger partial charge in [-0.1, -0.05) is 25.0 Å². The summed E-state index contributed by atoms with van der Waals surface area (Å²) in [6.07, 6.45) is 5.65. The number of likely N-dealkylation sites (tertiary alicyclic amines) is 1. The molecular weight excluding hydrogens is 428 g/mol. The summed E-state index contributed by atoms with van der Waals surface area (Å²) in [5, 5.41) is 3.22. The zero-order valence-corrected chi connectivity index (χ0v) is 19.0. The first-order chi connectivity index (χ1) is 15.5. The monoisotopic (exact) mass is 454 g/mol. The van der Waals surface area contributed by atoms with E-state index in [1.54, 1.807) is 25.1 Å². The van der Waals surface area contributed by atoms with Crippen molar-refractivity contribution in [1.29, 1.82) is 0 Å². The summed E-state index contributed by atoms with van der Waals surface area (Å²) < 4.78 is 6.63. The summed E-state index contributed by atoms with van der Waals surface area (Å²) in [6, 6.07) is 7.13. The Hall–Kier alpha value is -3.20. The number of amides is 2. The average Bonchev–Trinajstić information content (AvgIpc) is 2.95. The summed E-state index contributed by atoms with van der Waals surface area (Å²) in [5.74, 6) is 0.144. The number of ether oxygens (including phenoxy) is 1. The van der Waals surface area contributed by atoms with E-state index in [4.69, 9.17) is 4.74 Å². The maximum atomic E-state index is 13.1. The highest BCUT2D eigenvalue weighted by Gasteiger charge is 2.22. The third kappa shape index (κ3) is 4.38. The molecule has 1 aromatic carbocycles. The van der Waals surface area contributed by atoms with Crippen LogP contribution in [0.15, 0.2) is 35.4 Å². The van der Waals surface area contributed by atoms with Crippen molar-refractivity contribution in [3.05, 3.63) is 51.4 Å². The molecule has 1 N–H and O–H groups in total. The van der Waals surface area contributed by atoms with Crippen LogP contribution in [0.3, 0.4) is 0 Å². The standard InChI is InChI=1S/C23H26N4O4S/c1-15-19-22(32-20(15)21(29)25-16-9-5-6-10-17(16)31-2)24-14-27(23(19)30)13-18(28)26-11-7-3-4-8-12-26/h5-6,9-10,14H,3-4,7-8,11-13H2,1-2H3,(H,25,29). The van der Waals surface area contributed by atoms with E-state index < -0.39 is 0 Å². The Morgan fingerprint density at radius 2 is 1.88 bits per heavy atom. The first kappa shape index (κ1) is 22.0. The lowest BCUT2D eigenvalue weighted by Gasteiger charge is -2.20. The molecule has 0 radical (unpaired) electrons. The van der Waals surface area contributed by atoms with Crippen molar-refractivity contribution in [3.63, 3.8) is 0 Å². The summed E-state index contributed by atoms with van der Waals surface area (Å²) in [4.78, 5) is 45.9. The minimum absolute atomic E-state index is 0.0419. The molecule has 1 fully saturated rings. The van der Waals surface area contributed by atoms with E-state index in [9.17, 15) is 14.4 Å². The number of benzene rings is 1. The number of carbonyl (C=O) groups is 2. The molecule has 1 aliphatic rings. The minimum Gasteiger partial charge on any atom is -0.495 e. The van der Waals surface area contributed by atoms with E-state index in [0.717, 1.165) is 50.1 Å². The van der Waals surface area contributed by atoms with Crippen LogP contribution in [0.25, 0.3) is 10.2 Å². The molecule has 1 saturated heterocycles. The second kappa shape index (κ2) is 9.52. The van der Waals surface area contributed by atoms with Gasteiger partial charge < -0.3 is 15.0 Å². The molecule has 32 heavy (non-hydrogen) atoms. The summed E-state index contributed by atoms with van der Waals surface area (Å²) in [6.45, 7) is 3.15. The number of nitrogens with one attached hydrogen (secondary N) is 1. The molecule has 0 aliphatic carbocycles. The number of methoxy groups -OCH3 is 1. The second-order valence-electron chi connectivity index (χ2n) is 7.86. The van der Waals surface area contributed by atoms with Gasteiger partial charge in [0.05, 0.1) is 29.4 Å². The van der Waals surface area contributed by atoms with Crippen LogP contribution in [0.4, 0.5) is 5.69 Å². The largest absolute Gasteiger partial charge is 0.495 e. The van der Waals surface area contributed by atoms with Crippen molar-refractivity contribution in [2.45, 2.75) is 39.2 Å². The Morgan fingerprint density at radius 1 is 1.16 bits per heavy atom. The van der Waals surface area contributed by atoms with Crippen LogP contribution in [0, 0.1) is 6.92 Å². The number of para-hydroxylation sites is 2. The molecule has 0 bridgehead atoms. The van der Waals surface area contributed by atoms with Gasteiger partial charge in [0.15, 0.2) is 0 Å². The molecule has 4 rings (SSSR count). The third-order valence-electron chi connectivity index (χ3n) is 5.74. The lowest BCUT2D eigenvalue weighted by atomic mass is 10.2. The van der Waals surface area contributed by atoms with Crippen LogP contribution in [0.1, 0.15) is 40.9 Å². The lowest BCUT2D eigenvalue weighted by molar-refractivity contribution is -0.131. The van der Waals surface area contributed by atoms with Gasteiger partial charge in [0, 0.05) is 13.1 Å². The number of fused-ring (bicyclic) bond motifs is 1. The number of aryl methyl sites for hydroxylation is 1. The minimum atomic E-state index is -0.332. The maximum Gasteiger partial charge on any atom is 0.266 e. The molecule has 2 amide bonds. The Balaban J connectivity index is 1.60. The highest BCUT2D eigenvalue weighted by molar-refractivity contribution is 7.20. The molecule has 0 unspecified atom stereocenters. The number of anilines is 1. The van der Waals surface area contributed by atoms with Crippen molar-refractivity contribution < 1.29 is 14.3 Å². The highest BCUT2D eigenvalue weighted by atomic mass is 32.1. The molecule has 9 heteroatoms. The Bertz CT molecular complexity index is 1210. The van der Waals surface area contributed by atoms with Gasteiger partial charge in [-0.3, -0.25) is 19.0 Å². The van der Waals surface area contributed by atoms with Gasteiger partial charge in [-0.2, -0.15) is 0 Å². The molecule has 168 valence electrons. The lowest BCUT2D eigenvalue weighted by Crippen LogP contribution is -2.37. The number of hydrogen-bond acceptors (Lipinski definition) is 6. The van der Waals surface area contributed by atoms with Crippen molar-refractivity contribution in [2.75, 3.05) is 25.5 Å². The van der Waals surface area contributed by atoms with Gasteiger partial charge in [0.2, 0.25) is 5.91 Å². The predicted molar refractivity (Wildman–Crippen MR) is 125 cm³/mol. The van der Waals surface area contributed by atoms with E-state index in [0.29, 0.717) is 32.1 Å². The van der Waals surface area contributed by atoms with Gasteiger partial charge in [-0.05, 0) is 37.5 Å². The van der Waals surface area contributed by atoms with Gasteiger partial charge in [-0.15, -0.1) is 11.3 Å². The fourth-order valence-electron chi connectivity index (χ4n) is 3.98. The quantitative estimate of drug-likeness (QED) is 0.638. The Labute approximate surface area is 189 Å². The van der Waals surface area contributed by atoms with Gasteiger partial charge in [-0.25, -0.2) is 4.98 Å². The normalized spacial score (nSPS) is 14.2. The van der Waals surface area contributed by atoms with Crippen molar-refractivity contribution in [3.8, 4) is 5.75 Å². The first-order valence-corrected chi connectivity index (χ1v) is 11.5. The Morgan fingerprint density at radius 3 is 2.59 bits per heavy atom. The molecule has 1 aliphatic heterocycles. The van der Waals surface area contributed by atoms with Crippen LogP contribution in [-0.4, -0.2) is 46.5 Å². The van der Waals surface area contributed by atoms with Crippen LogP contribution in [-0.2, 0) is 11.3 Å². The molecule has 0 spiro atoms. The molecular formula is C23H26N4O4S. The maximum absolute atomic E-state index is 13.1. The van der Waals surface area contributed by atoms with Crippen LogP contribution in [0.5, 0.6) is 5.75 Å². The van der Waals surface area contributed by atoms with Gasteiger partial charge >= 0.3 is 0 Å². The highest BCUT2D eigenvalue weighted by Crippen LogP contribution is 2.29. The number of carbonyl (C=O) groups excluding carboxylic acids is 2. The van der Waals surface area contributed by atoms with Crippen molar-refractivity contribution >= 4 is 39.1 Å². The number of nitrogens with zero attached hydrogens (tertiary/aromatic N) is 3. The van der Waals surface area contributed by atoms with E-state index in [1.165, 1.54) is 18.0 Å².